The van der Waals surface area contributed by atoms with Crippen LogP contribution in [0.1, 0.15) is 12.1 Å². The van der Waals surface area contributed by atoms with Crippen molar-refractivity contribution in [3.8, 4) is 6.07 Å². The van der Waals surface area contributed by atoms with Gasteiger partial charge in [-0.3, -0.25) is 0 Å². The van der Waals surface area contributed by atoms with E-state index in [-0.39, 0.29) is 0 Å². The number of nitriles is 1. The molecule has 4 nitrogen and oxygen atoms in total. The lowest BCUT2D eigenvalue weighted by atomic mass is 10.3. The molecule has 0 saturated carbocycles. The molecular weight excluding hydrogens is 190 g/mol. The Morgan fingerprint density at radius 2 is 2.33 bits per heavy atom. The maximum Gasteiger partial charge on any atom is 0.140 e. The van der Waals surface area contributed by atoms with Gasteiger partial charge in [-0.2, -0.15) is 5.26 Å². The summed E-state index contributed by atoms with van der Waals surface area (Å²) < 4.78 is 4.98. The first-order chi connectivity index (χ1) is 7.27. The van der Waals surface area contributed by atoms with E-state index < -0.39 is 0 Å². The molecular formula is C11H15N3O. The molecule has 1 aromatic rings. The highest BCUT2D eigenvalue weighted by atomic mass is 16.5. The monoisotopic (exact) mass is 205 g/mol. The SMILES string of the molecule is COCCCN(C)c1ccc(C#N)nc1. The standard InChI is InChI=1S/C11H15N3O/c1-14(6-3-7-15-2)11-5-4-10(8-12)13-9-11/h4-5,9H,3,6-7H2,1-2H3. The molecule has 0 radical (unpaired) electrons. The first-order valence-corrected chi connectivity index (χ1v) is 4.84. The Morgan fingerprint density at radius 3 is 2.87 bits per heavy atom. The van der Waals surface area contributed by atoms with E-state index in [0.29, 0.717) is 5.69 Å². The number of methoxy groups -OCH3 is 1. The third-order valence-corrected chi connectivity index (χ3v) is 2.15. The van der Waals surface area contributed by atoms with Gasteiger partial charge < -0.3 is 9.64 Å². The van der Waals surface area contributed by atoms with Crippen molar-refractivity contribution in [2.45, 2.75) is 6.42 Å². The summed E-state index contributed by atoms with van der Waals surface area (Å²) in [6.07, 6.45) is 2.69. The van der Waals surface area contributed by atoms with Crippen molar-refractivity contribution in [2.75, 3.05) is 32.2 Å². The zero-order valence-electron chi connectivity index (χ0n) is 9.10. The van der Waals surface area contributed by atoms with Crippen LogP contribution in [0.25, 0.3) is 0 Å². The Balaban J connectivity index is 2.51. The molecule has 1 aromatic heterocycles. The van der Waals surface area contributed by atoms with Gasteiger partial charge in [0.2, 0.25) is 0 Å². The fourth-order valence-electron chi connectivity index (χ4n) is 1.25. The van der Waals surface area contributed by atoms with Crippen molar-refractivity contribution in [2.24, 2.45) is 0 Å². The minimum absolute atomic E-state index is 0.448. The first kappa shape index (κ1) is 11.5. The van der Waals surface area contributed by atoms with Crippen LogP contribution in [-0.2, 0) is 4.74 Å². The molecule has 1 rings (SSSR count). The van der Waals surface area contributed by atoms with E-state index in [9.17, 15) is 0 Å². The fourth-order valence-corrected chi connectivity index (χ4v) is 1.25. The smallest absolute Gasteiger partial charge is 0.140 e. The first-order valence-electron chi connectivity index (χ1n) is 4.84. The largest absolute Gasteiger partial charge is 0.385 e. The summed E-state index contributed by atoms with van der Waals surface area (Å²) in [5.41, 5.74) is 1.47. The second-order valence-corrected chi connectivity index (χ2v) is 3.28. The van der Waals surface area contributed by atoms with Gasteiger partial charge in [0.1, 0.15) is 11.8 Å². The summed E-state index contributed by atoms with van der Waals surface area (Å²) in [6.45, 7) is 1.68. The highest BCUT2D eigenvalue weighted by Gasteiger charge is 2.00. The number of aromatic nitrogens is 1. The van der Waals surface area contributed by atoms with Crippen LogP contribution in [0.5, 0.6) is 0 Å². The summed E-state index contributed by atoms with van der Waals surface area (Å²) in [7, 11) is 3.70. The zero-order valence-corrected chi connectivity index (χ0v) is 9.10. The van der Waals surface area contributed by atoms with Crippen LogP contribution in [0.3, 0.4) is 0 Å². The van der Waals surface area contributed by atoms with E-state index in [4.69, 9.17) is 10.00 Å². The van der Waals surface area contributed by atoms with E-state index >= 15 is 0 Å². The van der Waals surface area contributed by atoms with Gasteiger partial charge in [0, 0.05) is 27.3 Å². The Labute approximate surface area is 90.1 Å². The molecule has 0 N–H and O–H groups in total. The molecule has 0 saturated heterocycles. The lowest BCUT2D eigenvalue weighted by molar-refractivity contribution is 0.196. The van der Waals surface area contributed by atoms with Crippen LogP contribution in [0.15, 0.2) is 18.3 Å². The maximum atomic E-state index is 8.60. The minimum atomic E-state index is 0.448. The van der Waals surface area contributed by atoms with Crippen molar-refractivity contribution < 1.29 is 4.74 Å². The molecule has 0 atom stereocenters. The molecule has 80 valence electrons. The zero-order chi connectivity index (χ0) is 11.1. The number of hydrogen-bond donors (Lipinski definition) is 0. The van der Waals surface area contributed by atoms with Crippen LogP contribution in [-0.4, -0.2) is 32.3 Å². The Morgan fingerprint density at radius 1 is 1.53 bits per heavy atom. The van der Waals surface area contributed by atoms with Crippen LogP contribution in [0.4, 0.5) is 5.69 Å². The second-order valence-electron chi connectivity index (χ2n) is 3.28. The van der Waals surface area contributed by atoms with Crippen molar-refractivity contribution in [3.63, 3.8) is 0 Å². The maximum absolute atomic E-state index is 8.60. The number of rotatable bonds is 5. The number of pyridine rings is 1. The Bertz CT molecular complexity index is 329. The summed E-state index contributed by atoms with van der Waals surface area (Å²) in [6, 6.07) is 5.62. The van der Waals surface area contributed by atoms with Crippen molar-refractivity contribution in [1.82, 2.24) is 4.98 Å². The van der Waals surface area contributed by atoms with Crippen LogP contribution >= 0.6 is 0 Å². The van der Waals surface area contributed by atoms with Crippen molar-refractivity contribution in [1.29, 1.82) is 5.26 Å². The van der Waals surface area contributed by atoms with E-state index in [2.05, 4.69) is 9.88 Å². The fraction of sp³-hybridized carbons (Fsp3) is 0.455. The Hall–Kier alpha value is -1.60. The van der Waals surface area contributed by atoms with Crippen LogP contribution < -0.4 is 4.90 Å². The summed E-state index contributed by atoms with van der Waals surface area (Å²) in [4.78, 5) is 6.10. The summed E-state index contributed by atoms with van der Waals surface area (Å²) in [5, 5.41) is 8.60. The van der Waals surface area contributed by atoms with E-state index in [1.165, 1.54) is 0 Å². The van der Waals surface area contributed by atoms with Gasteiger partial charge in [0.25, 0.3) is 0 Å². The minimum Gasteiger partial charge on any atom is -0.385 e. The molecule has 0 aliphatic heterocycles. The third kappa shape index (κ3) is 3.56. The number of anilines is 1. The highest BCUT2D eigenvalue weighted by molar-refractivity contribution is 5.44. The molecule has 0 unspecified atom stereocenters. The van der Waals surface area contributed by atoms with Gasteiger partial charge in [-0.05, 0) is 18.6 Å². The summed E-state index contributed by atoms with van der Waals surface area (Å²) in [5.74, 6) is 0. The van der Waals surface area contributed by atoms with Crippen molar-refractivity contribution >= 4 is 5.69 Å². The molecule has 0 aliphatic carbocycles. The molecule has 15 heavy (non-hydrogen) atoms. The van der Waals surface area contributed by atoms with Gasteiger partial charge in [-0.15, -0.1) is 0 Å². The molecule has 4 heteroatoms. The molecule has 0 amide bonds. The predicted molar refractivity (Wildman–Crippen MR) is 58.7 cm³/mol. The quantitative estimate of drug-likeness (QED) is 0.682. The lowest BCUT2D eigenvalue weighted by Gasteiger charge is -2.18. The van der Waals surface area contributed by atoms with E-state index in [0.717, 1.165) is 25.3 Å². The van der Waals surface area contributed by atoms with Gasteiger partial charge in [-0.25, -0.2) is 4.98 Å². The van der Waals surface area contributed by atoms with Gasteiger partial charge in [-0.1, -0.05) is 0 Å². The topological polar surface area (TPSA) is 49.1 Å². The number of hydrogen-bond acceptors (Lipinski definition) is 4. The normalized spacial score (nSPS) is 9.67. The molecule has 0 aromatic carbocycles. The van der Waals surface area contributed by atoms with E-state index in [1.807, 2.05) is 19.2 Å². The average molecular weight is 205 g/mol. The number of ether oxygens (including phenoxy) is 1. The predicted octanol–water partition coefficient (Wildman–Crippen LogP) is 1.43. The van der Waals surface area contributed by atoms with E-state index in [1.54, 1.807) is 19.4 Å². The van der Waals surface area contributed by atoms with Crippen molar-refractivity contribution in [3.05, 3.63) is 24.0 Å². The Kier molecular flexibility index (Phi) is 4.58. The van der Waals surface area contributed by atoms with Gasteiger partial charge in [0.05, 0.1) is 11.9 Å². The second kappa shape index (κ2) is 5.99. The van der Waals surface area contributed by atoms with Crippen LogP contribution in [0, 0.1) is 11.3 Å². The molecule has 1 heterocycles. The van der Waals surface area contributed by atoms with Crippen LogP contribution in [0.2, 0.25) is 0 Å². The molecule has 0 bridgehead atoms. The highest BCUT2D eigenvalue weighted by Crippen LogP contribution is 2.10. The lowest BCUT2D eigenvalue weighted by Crippen LogP contribution is -2.19. The number of nitrogens with zero attached hydrogens (tertiary/aromatic N) is 3. The van der Waals surface area contributed by atoms with Gasteiger partial charge in [0.15, 0.2) is 0 Å². The average Bonchev–Trinajstić information content (AvgIpc) is 2.29. The molecule has 0 fully saturated rings. The van der Waals surface area contributed by atoms with Gasteiger partial charge >= 0.3 is 0 Å². The molecule has 0 aliphatic rings. The molecule has 0 spiro atoms. The third-order valence-electron chi connectivity index (χ3n) is 2.15. The summed E-state index contributed by atoms with van der Waals surface area (Å²) >= 11 is 0.